The van der Waals surface area contributed by atoms with E-state index >= 15 is 0 Å². The van der Waals surface area contributed by atoms with Crippen LogP contribution in [0.1, 0.15) is 25.5 Å². The summed E-state index contributed by atoms with van der Waals surface area (Å²) in [4.78, 5) is 0. The van der Waals surface area contributed by atoms with Gasteiger partial charge in [-0.25, -0.2) is 4.57 Å². The van der Waals surface area contributed by atoms with Gasteiger partial charge < -0.3 is 4.42 Å². The largest absolute Gasteiger partial charge is 0.455 e. The van der Waals surface area contributed by atoms with Crippen LogP contribution >= 0.6 is 0 Å². The fraction of sp³-hybridized carbons (Fsp3) is 0.115. The lowest BCUT2D eigenvalue weighted by Gasteiger charge is -2.04. The van der Waals surface area contributed by atoms with Crippen molar-refractivity contribution in [1.29, 1.82) is 0 Å². The van der Waals surface area contributed by atoms with Gasteiger partial charge in [0.1, 0.15) is 22.9 Å². The van der Waals surface area contributed by atoms with Crippen molar-refractivity contribution in [3.05, 3.63) is 85.0 Å². The maximum Gasteiger partial charge on any atom is 0.299 e. The Bertz CT molecular complexity index is 1500. The van der Waals surface area contributed by atoms with E-state index in [4.69, 9.17) is 4.42 Å². The van der Waals surface area contributed by atoms with Crippen LogP contribution in [0.25, 0.3) is 50.1 Å². The van der Waals surface area contributed by atoms with Crippen LogP contribution in [-0.2, 0) is 0 Å². The summed E-state index contributed by atoms with van der Waals surface area (Å²) in [6, 6.07) is 21.6. The molecule has 0 amide bonds. The number of hydrogen-bond donors (Lipinski definition) is 0. The SMILES string of the molecule is C=C/C=C(\C)n1c2[n+](c3ccccc31)C(C)c1ccc3c(oc4ccccc43)c1-2. The van der Waals surface area contributed by atoms with Crippen molar-refractivity contribution in [2.24, 2.45) is 0 Å². The summed E-state index contributed by atoms with van der Waals surface area (Å²) in [6.45, 7) is 8.31. The Morgan fingerprint density at radius 1 is 1.03 bits per heavy atom. The van der Waals surface area contributed by atoms with Crippen molar-refractivity contribution in [1.82, 2.24) is 4.57 Å². The molecular weight excluding hydrogens is 356 g/mol. The maximum absolute atomic E-state index is 6.42. The average molecular weight is 377 g/mol. The number of fused-ring (bicyclic) bond motifs is 9. The first-order chi connectivity index (χ1) is 14.2. The zero-order chi connectivity index (χ0) is 19.7. The molecule has 0 saturated carbocycles. The summed E-state index contributed by atoms with van der Waals surface area (Å²) < 4.78 is 11.2. The smallest absolute Gasteiger partial charge is 0.299 e. The molecule has 1 aliphatic heterocycles. The maximum atomic E-state index is 6.42. The van der Waals surface area contributed by atoms with Gasteiger partial charge in [-0.05, 0) is 38.1 Å². The highest BCUT2D eigenvalue weighted by Gasteiger charge is 2.41. The van der Waals surface area contributed by atoms with Crippen molar-refractivity contribution in [3.8, 4) is 11.4 Å². The van der Waals surface area contributed by atoms with Crippen LogP contribution in [0.4, 0.5) is 0 Å². The van der Waals surface area contributed by atoms with Gasteiger partial charge in [0.05, 0.1) is 0 Å². The molecule has 0 fully saturated rings. The van der Waals surface area contributed by atoms with Gasteiger partial charge in [0.25, 0.3) is 5.82 Å². The summed E-state index contributed by atoms with van der Waals surface area (Å²) in [5, 5.41) is 2.33. The van der Waals surface area contributed by atoms with E-state index in [1.54, 1.807) is 0 Å². The number of aromatic nitrogens is 2. The number of imidazole rings is 1. The fourth-order valence-electron chi connectivity index (χ4n) is 4.94. The molecule has 3 aromatic carbocycles. The van der Waals surface area contributed by atoms with E-state index in [2.05, 4.69) is 84.2 Å². The highest BCUT2D eigenvalue weighted by Crippen LogP contribution is 2.44. The Morgan fingerprint density at radius 2 is 1.83 bits per heavy atom. The first-order valence-electron chi connectivity index (χ1n) is 10.00. The van der Waals surface area contributed by atoms with Crippen LogP contribution in [0.5, 0.6) is 0 Å². The van der Waals surface area contributed by atoms with Crippen molar-refractivity contribution in [2.75, 3.05) is 0 Å². The molecule has 0 spiro atoms. The summed E-state index contributed by atoms with van der Waals surface area (Å²) in [5.74, 6) is 1.17. The fourth-order valence-corrected chi connectivity index (χ4v) is 4.94. The first kappa shape index (κ1) is 16.4. The van der Waals surface area contributed by atoms with Crippen LogP contribution in [-0.4, -0.2) is 4.57 Å². The number of furan rings is 1. The van der Waals surface area contributed by atoms with Crippen molar-refractivity contribution in [3.63, 3.8) is 0 Å². The van der Waals surface area contributed by atoms with E-state index in [-0.39, 0.29) is 6.04 Å². The third-order valence-corrected chi connectivity index (χ3v) is 6.17. The van der Waals surface area contributed by atoms with Gasteiger partial charge in [0.15, 0.2) is 16.6 Å². The van der Waals surface area contributed by atoms with E-state index in [0.717, 1.165) is 22.2 Å². The average Bonchev–Trinajstić information content (AvgIpc) is 3.36. The molecule has 0 aliphatic carbocycles. The van der Waals surface area contributed by atoms with Gasteiger partial charge >= 0.3 is 0 Å². The first-order valence-corrected chi connectivity index (χ1v) is 10.00. The lowest BCUT2D eigenvalue weighted by Crippen LogP contribution is -2.35. The lowest BCUT2D eigenvalue weighted by molar-refractivity contribution is -0.669. The number of allylic oxidation sites excluding steroid dienone is 3. The van der Waals surface area contributed by atoms with Crippen LogP contribution in [0.2, 0.25) is 0 Å². The summed E-state index contributed by atoms with van der Waals surface area (Å²) in [5.41, 5.74) is 7.96. The second-order valence-electron chi connectivity index (χ2n) is 7.74. The van der Waals surface area contributed by atoms with Crippen molar-refractivity contribution in [2.45, 2.75) is 19.9 Å². The van der Waals surface area contributed by atoms with Crippen molar-refractivity contribution >= 4 is 38.7 Å². The molecule has 3 heteroatoms. The molecule has 5 aromatic rings. The second kappa shape index (κ2) is 5.71. The van der Waals surface area contributed by atoms with Gasteiger partial charge in [0.2, 0.25) is 0 Å². The number of benzene rings is 3. The molecular formula is C26H21N2O+. The van der Waals surface area contributed by atoms with Gasteiger partial charge in [0, 0.05) is 16.3 Å². The molecule has 140 valence electrons. The molecule has 3 nitrogen and oxygen atoms in total. The van der Waals surface area contributed by atoms with E-state index in [0.29, 0.717) is 0 Å². The van der Waals surface area contributed by atoms with E-state index in [1.807, 2.05) is 18.2 Å². The predicted molar refractivity (Wildman–Crippen MR) is 119 cm³/mol. The predicted octanol–water partition coefficient (Wildman–Crippen LogP) is 6.46. The number of hydrogen-bond acceptors (Lipinski definition) is 1. The zero-order valence-corrected chi connectivity index (χ0v) is 16.5. The quantitative estimate of drug-likeness (QED) is 0.255. The Labute approximate surface area is 168 Å². The lowest BCUT2D eigenvalue weighted by atomic mass is 10.0. The molecule has 1 unspecified atom stereocenters. The van der Waals surface area contributed by atoms with Crippen LogP contribution in [0, 0.1) is 0 Å². The molecule has 0 N–H and O–H groups in total. The highest BCUT2D eigenvalue weighted by atomic mass is 16.3. The van der Waals surface area contributed by atoms with E-state index < -0.39 is 0 Å². The molecule has 1 atom stereocenters. The van der Waals surface area contributed by atoms with Gasteiger partial charge in [-0.3, -0.25) is 0 Å². The third-order valence-electron chi connectivity index (χ3n) is 6.17. The molecule has 0 radical (unpaired) electrons. The van der Waals surface area contributed by atoms with Crippen molar-refractivity contribution < 1.29 is 8.98 Å². The minimum Gasteiger partial charge on any atom is -0.455 e. The molecule has 0 bridgehead atoms. The van der Waals surface area contributed by atoms with Gasteiger partial charge in [-0.1, -0.05) is 55.1 Å². The Balaban J connectivity index is 1.84. The number of rotatable bonds is 2. The normalized spacial score (nSPS) is 15.9. The molecule has 6 rings (SSSR count). The Hall–Kier alpha value is -3.59. The second-order valence-corrected chi connectivity index (χ2v) is 7.74. The van der Waals surface area contributed by atoms with Crippen LogP contribution in [0.15, 0.2) is 83.8 Å². The van der Waals surface area contributed by atoms with E-state index in [9.17, 15) is 0 Å². The standard InChI is InChI=1S/C26H21N2O/c1-4-9-16(2)27-21-11-6-7-12-22(21)28-17(3)18-14-15-20-19-10-5-8-13-23(19)29-25(20)24(18)26(27)28/h4-15,17H,1H2,2-3H3/q+1/b16-9+. The Morgan fingerprint density at radius 3 is 2.69 bits per heavy atom. The summed E-state index contributed by atoms with van der Waals surface area (Å²) >= 11 is 0. The number of para-hydroxylation sites is 3. The molecule has 3 heterocycles. The molecule has 1 aliphatic rings. The molecule has 2 aromatic heterocycles. The van der Waals surface area contributed by atoms with Crippen LogP contribution in [0.3, 0.4) is 0 Å². The monoisotopic (exact) mass is 377 g/mol. The van der Waals surface area contributed by atoms with E-state index in [1.165, 1.54) is 33.4 Å². The zero-order valence-electron chi connectivity index (χ0n) is 16.5. The van der Waals surface area contributed by atoms with Gasteiger partial charge in [-0.15, -0.1) is 0 Å². The minimum atomic E-state index is 0.236. The Kier molecular flexibility index (Phi) is 3.22. The topological polar surface area (TPSA) is 21.9 Å². The summed E-state index contributed by atoms with van der Waals surface area (Å²) in [6.07, 6.45) is 3.91. The van der Waals surface area contributed by atoms with Gasteiger partial charge in [-0.2, -0.15) is 4.57 Å². The summed E-state index contributed by atoms with van der Waals surface area (Å²) in [7, 11) is 0. The molecule has 0 saturated heterocycles. The van der Waals surface area contributed by atoms with Crippen LogP contribution < -0.4 is 4.57 Å². The number of nitrogens with zero attached hydrogens (tertiary/aromatic N) is 2. The minimum absolute atomic E-state index is 0.236. The molecule has 29 heavy (non-hydrogen) atoms. The third kappa shape index (κ3) is 1.99. The highest BCUT2D eigenvalue weighted by molar-refractivity contribution is 6.10.